The predicted octanol–water partition coefficient (Wildman–Crippen LogP) is -0.0319. The Morgan fingerprint density at radius 3 is 2.55 bits per heavy atom. The molecular formula is C6H14N2O2S. The van der Waals surface area contributed by atoms with Crippen molar-refractivity contribution >= 4 is 10.2 Å². The molecule has 1 unspecified atom stereocenters. The van der Waals surface area contributed by atoms with Crippen molar-refractivity contribution in [1.82, 2.24) is 4.72 Å². The fourth-order valence-corrected chi connectivity index (χ4v) is 1.84. The van der Waals surface area contributed by atoms with Crippen LogP contribution in [0.15, 0.2) is 0 Å². The van der Waals surface area contributed by atoms with Gasteiger partial charge >= 0.3 is 0 Å². The molecule has 0 aliphatic heterocycles. The number of hydrogen-bond donors (Lipinski definition) is 2. The highest BCUT2D eigenvalue weighted by atomic mass is 32.2. The van der Waals surface area contributed by atoms with Crippen molar-refractivity contribution in [3.63, 3.8) is 0 Å². The number of nitrogens with two attached hydrogens (primary N) is 1. The second kappa shape index (κ2) is 3.08. The lowest BCUT2D eigenvalue weighted by molar-refractivity contribution is 0.531. The van der Waals surface area contributed by atoms with Crippen molar-refractivity contribution in [3.05, 3.63) is 0 Å². The number of hydrogen-bond acceptors (Lipinski definition) is 2. The topological polar surface area (TPSA) is 72.2 Å². The van der Waals surface area contributed by atoms with E-state index in [9.17, 15) is 8.42 Å². The molecule has 1 fully saturated rings. The monoisotopic (exact) mass is 178 g/mol. The molecule has 0 saturated heterocycles. The molecule has 1 aliphatic rings. The van der Waals surface area contributed by atoms with Crippen LogP contribution in [-0.4, -0.2) is 14.5 Å². The maximum Gasteiger partial charge on any atom is 0.274 e. The molecule has 5 heteroatoms. The minimum absolute atomic E-state index is 0.0162. The molecule has 0 amide bonds. The van der Waals surface area contributed by atoms with Crippen LogP contribution in [-0.2, 0) is 10.2 Å². The Hall–Kier alpha value is -0.130. The minimum atomic E-state index is -3.49. The SMILES string of the molecule is CC(CC1CC1)NS(N)(=O)=O. The van der Waals surface area contributed by atoms with Crippen LogP contribution < -0.4 is 9.86 Å². The van der Waals surface area contributed by atoms with Gasteiger partial charge in [0.15, 0.2) is 0 Å². The first kappa shape index (κ1) is 8.96. The van der Waals surface area contributed by atoms with Crippen molar-refractivity contribution in [2.75, 3.05) is 0 Å². The van der Waals surface area contributed by atoms with E-state index in [0.717, 1.165) is 12.3 Å². The number of rotatable bonds is 4. The number of nitrogens with one attached hydrogen (secondary N) is 1. The molecule has 11 heavy (non-hydrogen) atoms. The van der Waals surface area contributed by atoms with E-state index in [0.29, 0.717) is 0 Å². The average molecular weight is 178 g/mol. The van der Waals surface area contributed by atoms with Gasteiger partial charge in [0.25, 0.3) is 10.2 Å². The van der Waals surface area contributed by atoms with Crippen molar-refractivity contribution in [2.45, 2.75) is 32.2 Å². The van der Waals surface area contributed by atoms with Crippen molar-refractivity contribution in [1.29, 1.82) is 0 Å². The summed E-state index contributed by atoms with van der Waals surface area (Å²) in [6.07, 6.45) is 3.38. The summed E-state index contributed by atoms with van der Waals surface area (Å²) in [7, 11) is -3.49. The van der Waals surface area contributed by atoms with Gasteiger partial charge in [-0.1, -0.05) is 12.8 Å². The smallest absolute Gasteiger partial charge is 0.216 e. The van der Waals surface area contributed by atoms with Crippen LogP contribution in [0.3, 0.4) is 0 Å². The maximum absolute atomic E-state index is 10.5. The van der Waals surface area contributed by atoms with Gasteiger partial charge in [-0.2, -0.15) is 13.1 Å². The summed E-state index contributed by atoms with van der Waals surface area (Å²) in [4.78, 5) is 0. The molecular weight excluding hydrogens is 164 g/mol. The van der Waals surface area contributed by atoms with Crippen molar-refractivity contribution < 1.29 is 8.42 Å². The average Bonchev–Trinajstić information content (AvgIpc) is 2.42. The molecule has 1 atom stereocenters. The lowest BCUT2D eigenvalue weighted by Crippen LogP contribution is -2.37. The van der Waals surface area contributed by atoms with E-state index in [4.69, 9.17) is 5.14 Å². The zero-order valence-electron chi connectivity index (χ0n) is 6.58. The second-order valence-electron chi connectivity index (χ2n) is 3.24. The standard InChI is InChI=1S/C6H14N2O2S/c1-5(4-6-2-3-6)8-11(7,9)10/h5-6,8H,2-4H2,1H3,(H2,7,9,10). The molecule has 4 nitrogen and oxygen atoms in total. The highest BCUT2D eigenvalue weighted by molar-refractivity contribution is 7.87. The Balaban J connectivity index is 2.24. The molecule has 0 aromatic heterocycles. The third-order valence-electron chi connectivity index (χ3n) is 1.75. The molecule has 1 aliphatic carbocycles. The zero-order valence-corrected chi connectivity index (χ0v) is 7.39. The summed E-state index contributed by atoms with van der Waals surface area (Å²) in [5, 5.41) is 4.79. The van der Waals surface area contributed by atoms with Gasteiger partial charge in [0.1, 0.15) is 0 Å². The van der Waals surface area contributed by atoms with Crippen LogP contribution in [0.5, 0.6) is 0 Å². The molecule has 0 aromatic carbocycles. The van der Waals surface area contributed by atoms with Gasteiger partial charge in [-0.25, -0.2) is 5.14 Å². The van der Waals surface area contributed by atoms with E-state index in [1.807, 2.05) is 6.92 Å². The van der Waals surface area contributed by atoms with Gasteiger partial charge in [-0.3, -0.25) is 0 Å². The molecule has 0 heterocycles. The molecule has 1 saturated carbocycles. The second-order valence-corrected chi connectivity index (χ2v) is 4.57. The first-order valence-corrected chi connectivity index (χ1v) is 5.32. The summed E-state index contributed by atoms with van der Waals surface area (Å²) in [5.41, 5.74) is 0. The van der Waals surface area contributed by atoms with Crippen LogP contribution in [0, 0.1) is 5.92 Å². The Bertz CT molecular complexity index is 221. The van der Waals surface area contributed by atoms with Crippen LogP contribution in [0.4, 0.5) is 0 Å². The van der Waals surface area contributed by atoms with E-state index in [-0.39, 0.29) is 6.04 Å². The lowest BCUT2D eigenvalue weighted by Gasteiger charge is -2.09. The Morgan fingerprint density at radius 2 is 2.18 bits per heavy atom. The maximum atomic E-state index is 10.5. The fraction of sp³-hybridized carbons (Fsp3) is 1.00. The van der Waals surface area contributed by atoms with E-state index in [1.165, 1.54) is 12.8 Å². The van der Waals surface area contributed by atoms with Gasteiger partial charge < -0.3 is 0 Å². The van der Waals surface area contributed by atoms with Gasteiger partial charge in [0.05, 0.1) is 0 Å². The first-order chi connectivity index (χ1) is 4.97. The van der Waals surface area contributed by atoms with Crippen LogP contribution in [0.25, 0.3) is 0 Å². The largest absolute Gasteiger partial charge is 0.274 e. The summed E-state index contributed by atoms with van der Waals surface area (Å²) in [6.45, 7) is 1.84. The van der Waals surface area contributed by atoms with Crippen LogP contribution >= 0.6 is 0 Å². The summed E-state index contributed by atoms with van der Waals surface area (Å²) >= 11 is 0. The Kier molecular flexibility index (Phi) is 2.51. The van der Waals surface area contributed by atoms with E-state index in [2.05, 4.69) is 4.72 Å². The lowest BCUT2D eigenvalue weighted by atomic mass is 10.2. The molecule has 0 spiro atoms. The fourth-order valence-electron chi connectivity index (χ4n) is 1.18. The van der Waals surface area contributed by atoms with Crippen LogP contribution in [0.2, 0.25) is 0 Å². The molecule has 1 rings (SSSR count). The molecule has 3 N–H and O–H groups in total. The predicted molar refractivity (Wildman–Crippen MR) is 43.0 cm³/mol. The third-order valence-corrected chi connectivity index (χ3v) is 2.48. The van der Waals surface area contributed by atoms with Gasteiger partial charge in [0.2, 0.25) is 0 Å². The normalized spacial score (nSPS) is 21.6. The Labute approximate surface area is 67.3 Å². The summed E-state index contributed by atoms with van der Waals surface area (Å²) < 4.78 is 23.4. The van der Waals surface area contributed by atoms with E-state index < -0.39 is 10.2 Å². The zero-order chi connectivity index (χ0) is 8.48. The van der Waals surface area contributed by atoms with Gasteiger partial charge in [-0.05, 0) is 19.3 Å². The molecule has 0 radical (unpaired) electrons. The minimum Gasteiger partial charge on any atom is -0.216 e. The van der Waals surface area contributed by atoms with Gasteiger partial charge in [0, 0.05) is 6.04 Å². The van der Waals surface area contributed by atoms with Crippen molar-refractivity contribution in [2.24, 2.45) is 11.1 Å². The highest BCUT2D eigenvalue weighted by Gasteiger charge is 2.24. The molecule has 0 aromatic rings. The van der Waals surface area contributed by atoms with E-state index >= 15 is 0 Å². The van der Waals surface area contributed by atoms with Crippen LogP contribution in [0.1, 0.15) is 26.2 Å². The molecule has 0 bridgehead atoms. The Morgan fingerprint density at radius 1 is 1.64 bits per heavy atom. The van der Waals surface area contributed by atoms with Gasteiger partial charge in [-0.15, -0.1) is 0 Å². The third kappa shape index (κ3) is 4.34. The van der Waals surface area contributed by atoms with E-state index in [1.54, 1.807) is 0 Å². The van der Waals surface area contributed by atoms with Crippen molar-refractivity contribution in [3.8, 4) is 0 Å². The molecule has 66 valence electrons. The first-order valence-electron chi connectivity index (χ1n) is 3.77. The highest BCUT2D eigenvalue weighted by Crippen LogP contribution is 2.33. The summed E-state index contributed by atoms with van der Waals surface area (Å²) in [5.74, 6) is 0.722. The quantitative estimate of drug-likeness (QED) is 0.634. The summed E-state index contributed by atoms with van der Waals surface area (Å²) in [6, 6.07) is -0.0162.